The van der Waals surface area contributed by atoms with Gasteiger partial charge in [0.05, 0.1) is 12.7 Å². The van der Waals surface area contributed by atoms with Crippen molar-refractivity contribution < 1.29 is 33.4 Å². The molecule has 0 bridgehead atoms. The van der Waals surface area contributed by atoms with E-state index in [4.69, 9.17) is 19.5 Å². The first kappa shape index (κ1) is 40.7. The molecule has 0 aliphatic heterocycles. The highest BCUT2D eigenvalue weighted by molar-refractivity contribution is 5.87. The lowest BCUT2D eigenvalue weighted by Gasteiger charge is -2.74. The van der Waals surface area contributed by atoms with Gasteiger partial charge in [-0.15, -0.1) is 0 Å². The number of rotatable bonds is 6. The molecule has 0 spiro atoms. The van der Waals surface area contributed by atoms with E-state index in [1.807, 2.05) is 0 Å². The number of carbonyl (C=O) groups is 4. The molecule has 1 aromatic rings. The zero-order valence-electron chi connectivity index (χ0n) is 34.0. The molecule has 5 fully saturated rings. The summed E-state index contributed by atoms with van der Waals surface area (Å²) in [5.41, 5.74) is 1.63. The molecule has 0 aromatic heterocycles. The van der Waals surface area contributed by atoms with Crippen LogP contribution in [0, 0.1) is 67.5 Å². The number of benzene rings is 1. The Labute approximate surface area is 317 Å². The van der Waals surface area contributed by atoms with Gasteiger partial charge < -0.3 is 14.2 Å². The second-order valence-corrected chi connectivity index (χ2v) is 19.0. The highest BCUT2D eigenvalue weighted by Gasteiger charge is 2.71. The Hall–Kier alpha value is -3.47. The SMILES string of the molecule is CC#N.CC(=O)Oc1ccc(/C=C/C(=O)OC[C@]2(C)CC[C@]3(C)CC[C@]4(C)[C@H]5CC[C@@]6(C)[C@@H](CCC(=O)[C@@H]6C)[C@]5(C)CC[C@@]4(C)[C@@H]3C2)cc1OC(C)=O. The summed E-state index contributed by atoms with van der Waals surface area (Å²) in [6, 6.07) is 6.54. The number of ether oxygens (including phenoxy) is 3. The number of nitriles is 1. The highest BCUT2D eigenvalue weighted by Crippen LogP contribution is 2.78. The summed E-state index contributed by atoms with van der Waals surface area (Å²) in [6.45, 7) is 21.8. The lowest BCUT2D eigenvalue weighted by atomic mass is 9.30. The van der Waals surface area contributed by atoms with E-state index in [2.05, 4.69) is 48.5 Å². The topological polar surface area (TPSA) is 120 Å². The van der Waals surface area contributed by atoms with Crippen molar-refractivity contribution in [3.63, 3.8) is 0 Å². The van der Waals surface area contributed by atoms with Gasteiger partial charge in [-0.05, 0) is 133 Å². The number of ketones is 1. The Balaban J connectivity index is 0.00000175. The fourth-order valence-electron chi connectivity index (χ4n) is 12.8. The van der Waals surface area contributed by atoms with Gasteiger partial charge in [-0.2, -0.15) is 5.26 Å². The molecule has 8 heteroatoms. The average molecular weight is 730 g/mol. The molecule has 6 rings (SSSR count). The number of Topliss-reactive ketones (excluding diaryl/α,β-unsaturated/α-hetero) is 1. The molecule has 5 aliphatic carbocycles. The van der Waals surface area contributed by atoms with Gasteiger partial charge in [-0.3, -0.25) is 14.4 Å². The van der Waals surface area contributed by atoms with E-state index in [0.717, 1.165) is 32.1 Å². The van der Waals surface area contributed by atoms with Crippen LogP contribution >= 0.6 is 0 Å². The summed E-state index contributed by atoms with van der Waals surface area (Å²) in [6.07, 6.45) is 15.5. The molecule has 290 valence electrons. The first-order valence-corrected chi connectivity index (χ1v) is 19.9. The van der Waals surface area contributed by atoms with E-state index in [-0.39, 0.29) is 49.9 Å². The minimum Gasteiger partial charge on any atom is -0.462 e. The molecule has 10 atom stereocenters. The standard InChI is InChI=1S/C43H60O7.C2H3N/c1-27-31(46)12-14-34-40(27,6)17-16-35-41(34,7)21-23-43(9)36-25-38(4,18-19-39(36,5)20-22-42(35,43)8)26-48-37(47)15-11-30-10-13-32(49-28(2)44)33(24-30)50-29(3)45;1-2-3/h10-11,13,15,24,27,34-36H,12,14,16-23,25-26H2,1-9H3;1H3/b15-11+;/t27-,34+,35-,36+,38+,39+,40+,41-,42+,43-;/m0./s1. The third-order valence-electron chi connectivity index (χ3n) is 16.0. The summed E-state index contributed by atoms with van der Waals surface area (Å²) in [5.74, 6) is 1.26. The van der Waals surface area contributed by atoms with Crippen LogP contribution in [0.25, 0.3) is 6.08 Å². The highest BCUT2D eigenvalue weighted by atomic mass is 16.6. The first-order chi connectivity index (χ1) is 24.7. The molecule has 0 saturated heterocycles. The first-order valence-electron chi connectivity index (χ1n) is 19.9. The van der Waals surface area contributed by atoms with E-state index in [1.54, 1.807) is 30.3 Å². The normalized spacial score (nSPS) is 40.1. The molecule has 0 amide bonds. The van der Waals surface area contributed by atoms with Crippen LogP contribution in [0.5, 0.6) is 11.5 Å². The number of hydrogen-bond acceptors (Lipinski definition) is 8. The van der Waals surface area contributed by atoms with Gasteiger partial charge in [0.15, 0.2) is 11.5 Å². The van der Waals surface area contributed by atoms with Crippen molar-refractivity contribution in [1.82, 2.24) is 0 Å². The van der Waals surface area contributed by atoms with Crippen molar-refractivity contribution in [2.45, 2.75) is 140 Å². The predicted molar refractivity (Wildman–Crippen MR) is 204 cm³/mol. The van der Waals surface area contributed by atoms with E-state index in [0.29, 0.717) is 35.7 Å². The van der Waals surface area contributed by atoms with Gasteiger partial charge in [-0.25, -0.2) is 4.79 Å². The molecule has 0 N–H and O–H groups in total. The van der Waals surface area contributed by atoms with Gasteiger partial charge in [0.1, 0.15) is 5.78 Å². The van der Waals surface area contributed by atoms with E-state index >= 15 is 0 Å². The molecule has 0 unspecified atom stereocenters. The largest absolute Gasteiger partial charge is 0.462 e. The Morgan fingerprint density at radius 2 is 1.42 bits per heavy atom. The van der Waals surface area contributed by atoms with Crippen molar-refractivity contribution >= 4 is 29.8 Å². The van der Waals surface area contributed by atoms with Crippen LogP contribution in [0.15, 0.2) is 24.3 Å². The molecular formula is C45H63NO7. The Kier molecular flexibility index (Phi) is 11.2. The van der Waals surface area contributed by atoms with Gasteiger partial charge in [0, 0.05) is 44.6 Å². The quantitative estimate of drug-likeness (QED) is 0.161. The van der Waals surface area contributed by atoms with Crippen LogP contribution in [-0.2, 0) is 23.9 Å². The maximum Gasteiger partial charge on any atom is 0.330 e. The minimum absolute atomic E-state index is 0.103. The van der Waals surface area contributed by atoms with Crippen molar-refractivity contribution in [3.8, 4) is 17.6 Å². The van der Waals surface area contributed by atoms with E-state index in [1.165, 1.54) is 65.4 Å². The van der Waals surface area contributed by atoms with E-state index < -0.39 is 17.9 Å². The van der Waals surface area contributed by atoms with Crippen molar-refractivity contribution in [2.24, 2.45) is 56.2 Å². The Morgan fingerprint density at radius 1 is 0.811 bits per heavy atom. The molecule has 0 radical (unpaired) electrons. The molecule has 0 heterocycles. The number of carbonyl (C=O) groups excluding carboxylic acids is 4. The van der Waals surface area contributed by atoms with Gasteiger partial charge in [-0.1, -0.05) is 54.5 Å². The molecule has 8 nitrogen and oxygen atoms in total. The van der Waals surface area contributed by atoms with Crippen LogP contribution in [0.3, 0.4) is 0 Å². The summed E-state index contributed by atoms with van der Waals surface area (Å²) >= 11 is 0. The molecule has 1 aromatic carbocycles. The maximum atomic E-state index is 13.1. The number of hydrogen-bond donors (Lipinski definition) is 0. The fourth-order valence-corrected chi connectivity index (χ4v) is 12.8. The molecule has 53 heavy (non-hydrogen) atoms. The van der Waals surface area contributed by atoms with Crippen LogP contribution in [0.2, 0.25) is 0 Å². The molecular weight excluding hydrogens is 666 g/mol. The minimum atomic E-state index is -0.538. The lowest BCUT2D eigenvalue weighted by Crippen LogP contribution is -2.67. The Morgan fingerprint density at radius 3 is 2.08 bits per heavy atom. The fraction of sp³-hybridized carbons (Fsp3) is 0.711. The van der Waals surface area contributed by atoms with Crippen LogP contribution in [0.1, 0.15) is 145 Å². The maximum absolute atomic E-state index is 13.1. The van der Waals surface area contributed by atoms with Gasteiger partial charge in [0.2, 0.25) is 0 Å². The second-order valence-electron chi connectivity index (χ2n) is 19.0. The third-order valence-corrected chi connectivity index (χ3v) is 16.0. The zero-order chi connectivity index (χ0) is 39.2. The van der Waals surface area contributed by atoms with Gasteiger partial charge in [0.25, 0.3) is 0 Å². The van der Waals surface area contributed by atoms with Crippen LogP contribution < -0.4 is 9.47 Å². The van der Waals surface area contributed by atoms with Gasteiger partial charge >= 0.3 is 17.9 Å². The van der Waals surface area contributed by atoms with Crippen molar-refractivity contribution in [3.05, 3.63) is 29.8 Å². The number of nitrogens with zero attached hydrogens (tertiary/aromatic N) is 1. The zero-order valence-corrected chi connectivity index (χ0v) is 34.0. The monoisotopic (exact) mass is 729 g/mol. The third kappa shape index (κ3) is 7.23. The van der Waals surface area contributed by atoms with Crippen molar-refractivity contribution in [1.29, 1.82) is 5.26 Å². The summed E-state index contributed by atoms with van der Waals surface area (Å²) < 4.78 is 16.4. The van der Waals surface area contributed by atoms with Crippen LogP contribution in [0.4, 0.5) is 0 Å². The predicted octanol–water partition coefficient (Wildman–Crippen LogP) is 10.1. The Bertz CT molecular complexity index is 1690. The number of fused-ring (bicyclic) bond motifs is 7. The summed E-state index contributed by atoms with van der Waals surface area (Å²) in [5, 5.41) is 7.32. The smallest absolute Gasteiger partial charge is 0.330 e. The second kappa shape index (κ2) is 14.6. The summed E-state index contributed by atoms with van der Waals surface area (Å²) in [4.78, 5) is 49.1. The average Bonchev–Trinajstić information content (AvgIpc) is 3.08. The molecule has 5 aliphatic rings. The van der Waals surface area contributed by atoms with Crippen molar-refractivity contribution in [2.75, 3.05) is 6.61 Å². The summed E-state index contributed by atoms with van der Waals surface area (Å²) in [7, 11) is 0. The van der Waals surface area contributed by atoms with E-state index in [9.17, 15) is 19.2 Å². The number of esters is 3. The lowest BCUT2D eigenvalue weighted by molar-refractivity contribution is -0.258. The molecule has 5 saturated carbocycles. The van der Waals surface area contributed by atoms with Crippen LogP contribution in [-0.4, -0.2) is 30.3 Å².